The van der Waals surface area contributed by atoms with Crippen molar-refractivity contribution in [2.75, 3.05) is 5.32 Å². The Hall–Kier alpha value is -3.77. The van der Waals surface area contributed by atoms with Crippen molar-refractivity contribution in [3.63, 3.8) is 0 Å². The lowest BCUT2D eigenvalue weighted by molar-refractivity contribution is -0.385. The number of nitrogens with one attached hydrogen (secondary N) is 2. The molecule has 0 bridgehead atoms. The van der Waals surface area contributed by atoms with Crippen LogP contribution >= 0.6 is 0 Å². The van der Waals surface area contributed by atoms with Gasteiger partial charge in [0.15, 0.2) is 0 Å². The summed E-state index contributed by atoms with van der Waals surface area (Å²) in [7, 11) is -3.99. The summed E-state index contributed by atoms with van der Waals surface area (Å²) in [6, 6.07) is 8.32. The van der Waals surface area contributed by atoms with Gasteiger partial charge in [-0.05, 0) is 61.6 Å². The number of non-ortho nitro benzene ring substituents is 1. The van der Waals surface area contributed by atoms with E-state index < -0.39 is 32.7 Å². The molecule has 2 N–H and O–H groups in total. The molecule has 12 heteroatoms. The number of hydrogen-bond donors (Lipinski definition) is 2. The number of halogens is 1. The number of fused-ring (bicyclic) bond motifs is 1. The van der Waals surface area contributed by atoms with Gasteiger partial charge in [-0.25, -0.2) is 27.5 Å². The number of benzene rings is 2. The van der Waals surface area contributed by atoms with Gasteiger partial charge in [-0.3, -0.25) is 20.2 Å². The predicted molar refractivity (Wildman–Crippen MR) is 120 cm³/mol. The van der Waals surface area contributed by atoms with Crippen LogP contribution in [0.15, 0.2) is 53.6 Å². The van der Waals surface area contributed by atoms with Crippen molar-refractivity contribution in [3.8, 4) is 0 Å². The molecule has 0 aliphatic heterocycles. The van der Waals surface area contributed by atoms with Crippen LogP contribution < -0.4 is 10.0 Å². The Kier molecular flexibility index (Phi) is 6.35. The van der Waals surface area contributed by atoms with Gasteiger partial charge in [-0.1, -0.05) is 6.07 Å². The average molecular weight is 485 g/mol. The minimum absolute atomic E-state index is 0.0966. The van der Waals surface area contributed by atoms with Crippen LogP contribution in [0.5, 0.6) is 0 Å². The molecule has 10 nitrogen and oxygen atoms in total. The zero-order chi connectivity index (χ0) is 24.5. The molecule has 0 saturated carbocycles. The number of nitro groups is 1. The monoisotopic (exact) mass is 485 g/mol. The van der Waals surface area contributed by atoms with E-state index in [0.29, 0.717) is 30.5 Å². The first-order valence-corrected chi connectivity index (χ1v) is 11.8. The predicted octanol–water partition coefficient (Wildman–Crippen LogP) is 2.92. The molecule has 1 heterocycles. The van der Waals surface area contributed by atoms with Crippen molar-refractivity contribution in [3.05, 3.63) is 87.0 Å². The van der Waals surface area contributed by atoms with Crippen LogP contribution in [0, 0.1) is 22.9 Å². The van der Waals surface area contributed by atoms with Crippen molar-refractivity contribution in [1.29, 1.82) is 0 Å². The van der Waals surface area contributed by atoms with Crippen LogP contribution in [0.25, 0.3) is 0 Å². The maximum Gasteiger partial charge on any atom is 0.270 e. The van der Waals surface area contributed by atoms with Crippen LogP contribution in [-0.4, -0.2) is 35.3 Å². The third-order valence-electron chi connectivity index (χ3n) is 5.48. The highest BCUT2D eigenvalue weighted by Crippen LogP contribution is 2.25. The maximum atomic E-state index is 13.0. The van der Waals surface area contributed by atoms with E-state index in [2.05, 4.69) is 20.0 Å². The molecular formula is C22H20FN5O5S. The van der Waals surface area contributed by atoms with Crippen molar-refractivity contribution in [2.45, 2.75) is 37.1 Å². The Morgan fingerprint density at radius 2 is 1.94 bits per heavy atom. The molecule has 4 rings (SSSR count). The number of rotatable bonds is 6. The first-order valence-electron chi connectivity index (χ1n) is 10.3. The van der Waals surface area contributed by atoms with Crippen LogP contribution in [0.1, 0.15) is 33.6 Å². The largest absolute Gasteiger partial charge is 0.290 e. The highest BCUT2D eigenvalue weighted by atomic mass is 32.2. The van der Waals surface area contributed by atoms with E-state index in [4.69, 9.17) is 0 Å². The summed E-state index contributed by atoms with van der Waals surface area (Å²) < 4.78 is 41.5. The van der Waals surface area contributed by atoms with Crippen molar-refractivity contribution in [1.82, 2.24) is 14.7 Å². The van der Waals surface area contributed by atoms with Gasteiger partial charge in [0.05, 0.1) is 9.82 Å². The van der Waals surface area contributed by atoms with Crippen LogP contribution in [0.4, 0.5) is 16.0 Å². The highest BCUT2D eigenvalue weighted by Gasteiger charge is 2.28. The molecule has 0 radical (unpaired) electrons. The van der Waals surface area contributed by atoms with Crippen LogP contribution in [0.2, 0.25) is 0 Å². The number of anilines is 1. The summed E-state index contributed by atoms with van der Waals surface area (Å²) in [6.07, 6.45) is 2.75. The highest BCUT2D eigenvalue weighted by molar-refractivity contribution is 7.89. The smallest absolute Gasteiger partial charge is 0.270 e. The number of nitrogens with zero attached hydrogens (tertiary/aromatic N) is 3. The summed E-state index contributed by atoms with van der Waals surface area (Å²) in [5.74, 6) is -0.833. The maximum absolute atomic E-state index is 13.0. The molecule has 1 atom stereocenters. The molecule has 0 spiro atoms. The van der Waals surface area contributed by atoms with E-state index in [-0.39, 0.29) is 22.1 Å². The fourth-order valence-corrected chi connectivity index (χ4v) is 5.25. The minimum Gasteiger partial charge on any atom is -0.290 e. The molecule has 2 aromatic carbocycles. The molecule has 0 saturated heterocycles. The topological polar surface area (TPSA) is 144 Å². The van der Waals surface area contributed by atoms with E-state index in [9.17, 15) is 27.7 Å². The Bertz CT molecular complexity index is 1380. The zero-order valence-electron chi connectivity index (χ0n) is 18.0. The number of nitro benzene ring substituents is 1. The summed E-state index contributed by atoms with van der Waals surface area (Å²) in [4.78, 5) is 31.1. The van der Waals surface area contributed by atoms with Gasteiger partial charge in [0.1, 0.15) is 5.82 Å². The lowest BCUT2D eigenvalue weighted by Crippen LogP contribution is -2.39. The molecule has 34 heavy (non-hydrogen) atoms. The fourth-order valence-electron chi connectivity index (χ4n) is 3.72. The van der Waals surface area contributed by atoms with Crippen molar-refractivity contribution < 1.29 is 22.5 Å². The number of aryl methyl sites for hydroxylation is 2. The number of carbonyl (C=O) groups is 1. The van der Waals surface area contributed by atoms with Crippen molar-refractivity contribution in [2.24, 2.45) is 0 Å². The number of hydrogen-bond acceptors (Lipinski definition) is 7. The van der Waals surface area contributed by atoms with E-state index >= 15 is 0 Å². The standard InChI is InChI=1S/C22H20FN5O5S/c1-13-2-8-18(28(30)31)11-20(13)34(32,33)27-17-7-9-19-15(10-17)12-24-22(25-19)26-21(29)14-3-5-16(23)6-4-14/h2-6,8,11-12,17,27H,7,9-10H2,1H3,(H,24,25,26,29). The molecule has 1 aliphatic carbocycles. The number of sulfonamides is 1. The van der Waals surface area contributed by atoms with Gasteiger partial charge in [0, 0.05) is 35.6 Å². The Morgan fingerprint density at radius 3 is 2.65 bits per heavy atom. The zero-order valence-corrected chi connectivity index (χ0v) is 18.8. The summed E-state index contributed by atoms with van der Waals surface area (Å²) >= 11 is 0. The second-order valence-electron chi connectivity index (χ2n) is 7.89. The second-order valence-corrected chi connectivity index (χ2v) is 9.58. The van der Waals surface area contributed by atoms with Gasteiger partial charge in [0.25, 0.3) is 11.6 Å². The molecule has 1 aliphatic rings. The van der Waals surface area contributed by atoms with Crippen molar-refractivity contribution >= 4 is 27.6 Å². The third-order valence-corrected chi connectivity index (χ3v) is 7.14. The Morgan fingerprint density at radius 1 is 1.21 bits per heavy atom. The molecule has 1 aromatic heterocycles. The third kappa shape index (κ3) is 5.07. The summed E-state index contributed by atoms with van der Waals surface area (Å²) in [6.45, 7) is 1.57. The second kappa shape index (κ2) is 9.23. The average Bonchev–Trinajstić information content (AvgIpc) is 2.79. The lowest BCUT2D eigenvalue weighted by Gasteiger charge is -2.25. The first-order chi connectivity index (χ1) is 16.1. The van der Waals surface area contributed by atoms with Crippen LogP contribution in [-0.2, 0) is 22.9 Å². The molecule has 3 aromatic rings. The molecule has 0 fully saturated rings. The SMILES string of the molecule is Cc1ccc([N+](=O)[O-])cc1S(=O)(=O)NC1CCc2nc(NC(=O)c3ccc(F)cc3)ncc2C1. The van der Waals surface area contributed by atoms with E-state index in [0.717, 1.165) is 11.6 Å². The minimum atomic E-state index is -3.99. The Balaban J connectivity index is 1.46. The summed E-state index contributed by atoms with van der Waals surface area (Å²) in [5, 5.41) is 13.6. The van der Waals surface area contributed by atoms with Gasteiger partial charge in [-0.2, -0.15) is 0 Å². The molecule has 1 amide bonds. The van der Waals surface area contributed by atoms with E-state index in [1.165, 1.54) is 42.6 Å². The van der Waals surface area contributed by atoms with E-state index in [1.54, 1.807) is 6.92 Å². The van der Waals surface area contributed by atoms with Gasteiger partial charge < -0.3 is 0 Å². The number of amides is 1. The van der Waals surface area contributed by atoms with Gasteiger partial charge >= 0.3 is 0 Å². The normalized spacial score (nSPS) is 15.4. The fraction of sp³-hybridized carbons (Fsp3) is 0.227. The quantitative estimate of drug-likeness (QED) is 0.403. The number of aromatic nitrogens is 2. The summed E-state index contributed by atoms with van der Waals surface area (Å²) in [5.41, 5.74) is 1.78. The molecule has 176 valence electrons. The van der Waals surface area contributed by atoms with Gasteiger partial charge in [-0.15, -0.1) is 0 Å². The molecule has 1 unspecified atom stereocenters. The van der Waals surface area contributed by atoms with E-state index in [1.807, 2.05) is 0 Å². The number of carbonyl (C=O) groups excluding carboxylic acids is 1. The van der Waals surface area contributed by atoms with Gasteiger partial charge in [0.2, 0.25) is 16.0 Å². The Labute approximate surface area is 194 Å². The first kappa shape index (κ1) is 23.4. The van der Waals surface area contributed by atoms with Crippen LogP contribution in [0.3, 0.4) is 0 Å². The molecular weight excluding hydrogens is 465 g/mol. The lowest BCUT2D eigenvalue weighted by atomic mass is 9.94.